The van der Waals surface area contributed by atoms with Crippen molar-refractivity contribution in [3.05, 3.63) is 28.3 Å². The van der Waals surface area contributed by atoms with Crippen LogP contribution in [0.3, 0.4) is 0 Å². The van der Waals surface area contributed by atoms with Crippen molar-refractivity contribution in [3.63, 3.8) is 0 Å². The van der Waals surface area contributed by atoms with Crippen LogP contribution in [0.2, 0.25) is 5.02 Å². The number of halogens is 1. The largest absolute Gasteiger partial charge is 0.508 e. The highest BCUT2D eigenvalue weighted by Gasteiger charge is 2.12. The minimum atomic E-state index is 0.396. The summed E-state index contributed by atoms with van der Waals surface area (Å²) in [4.78, 5) is 0. The first-order valence-corrected chi connectivity index (χ1v) is 6.49. The van der Waals surface area contributed by atoms with Crippen molar-refractivity contribution in [2.24, 2.45) is 0 Å². The van der Waals surface area contributed by atoms with Crippen molar-refractivity contribution in [2.75, 3.05) is 0 Å². The molecular formula is C14H21ClO. The predicted molar refractivity (Wildman–Crippen MR) is 70.4 cm³/mol. The van der Waals surface area contributed by atoms with Gasteiger partial charge in [-0.1, -0.05) is 38.8 Å². The van der Waals surface area contributed by atoms with Crippen LogP contribution in [0.15, 0.2) is 12.1 Å². The van der Waals surface area contributed by atoms with Crippen LogP contribution < -0.4 is 0 Å². The summed E-state index contributed by atoms with van der Waals surface area (Å²) < 4.78 is 0. The Labute approximate surface area is 103 Å². The summed E-state index contributed by atoms with van der Waals surface area (Å²) in [5, 5.41) is 10.7. The fraction of sp³-hybridized carbons (Fsp3) is 0.571. The molecule has 16 heavy (non-hydrogen) atoms. The smallest absolute Gasteiger partial charge is 0.119 e. The van der Waals surface area contributed by atoms with Crippen LogP contribution in [0.4, 0.5) is 0 Å². The highest BCUT2D eigenvalue weighted by Crippen LogP contribution is 2.33. The summed E-state index contributed by atoms with van der Waals surface area (Å²) in [5.41, 5.74) is 2.03. The zero-order valence-corrected chi connectivity index (χ0v) is 11.1. The van der Waals surface area contributed by atoms with Crippen LogP contribution in [0.1, 0.15) is 57.1 Å². The summed E-state index contributed by atoms with van der Waals surface area (Å²) in [6.07, 6.45) is 4.16. The van der Waals surface area contributed by atoms with Gasteiger partial charge >= 0.3 is 0 Å². The number of rotatable bonds is 5. The molecular weight excluding hydrogens is 220 g/mol. The van der Waals surface area contributed by atoms with Gasteiger partial charge in [0.05, 0.1) is 0 Å². The number of unbranched alkanes of at least 4 members (excludes halogenated alkanes) is 1. The van der Waals surface area contributed by atoms with Crippen molar-refractivity contribution < 1.29 is 5.11 Å². The molecule has 0 saturated carbocycles. The van der Waals surface area contributed by atoms with E-state index in [0.717, 1.165) is 41.8 Å². The van der Waals surface area contributed by atoms with Crippen LogP contribution >= 0.6 is 11.6 Å². The summed E-state index contributed by atoms with van der Waals surface area (Å²) >= 11 is 6.24. The van der Waals surface area contributed by atoms with Gasteiger partial charge in [0.2, 0.25) is 0 Å². The standard InChI is InChI=1S/C14H21ClO/c1-4-6-7-11-8-13(15)12(9-14(11)16)10(3)5-2/h8-10,16H,4-7H2,1-3H3. The molecule has 0 amide bonds. The lowest BCUT2D eigenvalue weighted by molar-refractivity contribution is 0.465. The van der Waals surface area contributed by atoms with Gasteiger partial charge in [0.15, 0.2) is 0 Å². The summed E-state index contributed by atoms with van der Waals surface area (Å²) in [6.45, 7) is 6.40. The normalized spacial score (nSPS) is 12.8. The van der Waals surface area contributed by atoms with Gasteiger partial charge in [-0.2, -0.15) is 0 Å². The van der Waals surface area contributed by atoms with Crippen molar-refractivity contribution >= 4 is 11.6 Å². The third-order valence-corrected chi connectivity index (χ3v) is 3.47. The molecule has 0 spiro atoms. The van der Waals surface area contributed by atoms with Gasteiger partial charge in [-0.3, -0.25) is 0 Å². The molecule has 1 unspecified atom stereocenters. The summed E-state index contributed by atoms with van der Waals surface area (Å²) in [7, 11) is 0. The molecule has 2 heteroatoms. The number of phenolic OH excluding ortho intramolecular Hbond substituents is 1. The van der Waals surface area contributed by atoms with E-state index in [1.54, 1.807) is 0 Å². The van der Waals surface area contributed by atoms with E-state index < -0.39 is 0 Å². The van der Waals surface area contributed by atoms with E-state index in [2.05, 4.69) is 20.8 Å². The fourth-order valence-electron chi connectivity index (χ4n) is 1.78. The molecule has 0 aliphatic heterocycles. The average Bonchev–Trinajstić information content (AvgIpc) is 2.28. The van der Waals surface area contributed by atoms with E-state index in [4.69, 9.17) is 11.6 Å². The molecule has 0 fully saturated rings. The van der Waals surface area contributed by atoms with Crippen molar-refractivity contribution in [1.29, 1.82) is 0 Å². The maximum atomic E-state index is 9.93. The molecule has 1 nitrogen and oxygen atoms in total. The number of benzene rings is 1. The molecule has 0 heterocycles. The van der Waals surface area contributed by atoms with Gasteiger partial charge in [0.25, 0.3) is 0 Å². The second-order valence-electron chi connectivity index (χ2n) is 4.42. The van der Waals surface area contributed by atoms with E-state index in [9.17, 15) is 5.11 Å². The average molecular weight is 241 g/mol. The van der Waals surface area contributed by atoms with Crippen molar-refractivity contribution in [3.8, 4) is 5.75 Å². The highest BCUT2D eigenvalue weighted by molar-refractivity contribution is 6.31. The maximum absolute atomic E-state index is 9.93. The van der Waals surface area contributed by atoms with Gasteiger partial charge in [-0.05, 0) is 48.4 Å². The van der Waals surface area contributed by atoms with Crippen LogP contribution in [-0.2, 0) is 6.42 Å². The van der Waals surface area contributed by atoms with Crippen LogP contribution in [0, 0.1) is 0 Å². The third-order valence-electron chi connectivity index (χ3n) is 3.14. The Kier molecular flexibility index (Phi) is 5.14. The Morgan fingerprint density at radius 2 is 2.00 bits per heavy atom. The van der Waals surface area contributed by atoms with Crippen molar-refractivity contribution in [1.82, 2.24) is 0 Å². The second-order valence-corrected chi connectivity index (χ2v) is 4.82. The Morgan fingerprint density at radius 1 is 1.31 bits per heavy atom. The minimum Gasteiger partial charge on any atom is -0.508 e. The van der Waals surface area contributed by atoms with E-state index >= 15 is 0 Å². The second kappa shape index (κ2) is 6.15. The number of hydrogen-bond acceptors (Lipinski definition) is 1. The number of phenols is 1. The van der Waals surface area contributed by atoms with Gasteiger partial charge in [-0.25, -0.2) is 0 Å². The zero-order valence-electron chi connectivity index (χ0n) is 10.4. The van der Waals surface area contributed by atoms with Crippen LogP contribution in [-0.4, -0.2) is 5.11 Å². The first-order valence-electron chi connectivity index (χ1n) is 6.11. The number of hydrogen-bond donors (Lipinski definition) is 1. The molecule has 1 rings (SSSR count). The zero-order chi connectivity index (χ0) is 12.1. The van der Waals surface area contributed by atoms with Gasteiger partial charge < -0.3 is 5.11 Å². The number of aryl methyl sites for hydroxylation is 1. The van der Waals surface area contributed by atoms with Crippen LogP contribution in [0.5, 0.6) is 5.75 Å². The molecule has 1 aromatic carbocycles. The Bertz CT molecular complexity index is 347. The van der Waals surface area contributed by atoms with E-state index in [0.29, 0.717) is 11.7 Å². The first-order chi connectivity index (χ1) is 7.60. The molecule has 0 aliphatic carbocycles. The molecule has 90 valence electrons. The molecule has 0 saturated heterocycles. The first kappa shape index (κ1) is 13.4. The lowest BCUT2D eigenvalue weighted by Gasteiger charge is -2.14. The fourth-order valence-corrected chi connectivity index (χ4v) is 2.16. The quantitative estimate of drug-likeness (QED) is 0.776. The van der Waals surface area contributed by atoms with E-state index in [1.807, 2.05) is 12.1 Å². The summed E-state index contributed by atoms with van der Waals surface area (Å²) in [6, 6.07) is 3.76. The third kappa shape index (κ3) is 3.15. The van der Waals surface area contributed by atoms with E-state index in [-0.39, 0.29) is 0 Å². The topological polar surface area (TPSA) is 20.2 Å². The highest BCUT2D eigenvalue weighted by atomic mass is 35.5. The molecule has 1 atom stereocenters. The molecule has 0 aromatic heterocycles. The predicted octanol–water partition coefficient (Wildman–Crippen LogP) is 4.90. The SMILES string of the molecule is CCCCc1cc(Cl)c(C(C)CC)cc1O. The van der Waals surface area contributed by atoms with Crippen LogP contribution in [0.25, 0.3) is 0 Å². The monoisotopic (exact) mass is 240 g/mol. The summed E-state index contributed by atoms with van der Waals surface area (Å²) in [5.74, 6) is 0.798. The minimum absolute atomic E-state index is 0.396. The molecule has 0 bridgehead atoms. The van der Waals surface area contributed by atoms with E-state index in [1.165, 1.54) is 0 Å². The Balaban J connectivity index is 2.97. The maximum Gasteiger partial charge on any atom is 0.119 e. The van der Waals surface area contributed by atoms with Gasteiger partial charge in [0, 0.05) is 5.02 Å². The molecule has 1 N–H and O–H groups in total. The Morgan fingerprint density at radius 3 is 2.56 bits per heavy atom. The lowest BCUT2D eigenvalue weighted by Crippen LogP contribution is -1.95. The Hall–Kier alpha value is -0.690. The van der Waals surface area contributed by atoms with Crippen molar-refractivity contribution in [2.45, 2.75) is 52.4 Å². The van der Waals surface area contributed by atoms with Gasteiger partial charge in [0.1, 0.15) is 5.75 Å². The molecule has 0 radical (unpaired) electrons. The molecule has 1 aromatic rings. The number of aromatic hydroxyl groups is 1. The lowest BCUT2D eigenvalue weighted by atomic mass is 9.95. The van der Waals surface area contributed by atoms with Gasteiger partial charge in [-0.15, -0.1) is 0 Å². The molecule has 0 aliphatic rings.